The topological polar surface area (TPSA) is 30.7 Å². The van der Waals surface area contributed by atoms with Crippen LogP contribution < -0.4 is 0 Å². The van der Waals surface area contributed by atoms with Crippen LogP contribution in [0.15, 0.2) is 261 Å². The molecular formula is C68H43N3. The van der Waals surface area contributed by atoms with Crippen molar-refractivity contribution in [3.63, 3.8) is 0 Å². The fourth-order valence-electron chi connectivity index (χ4n) is 10.8. The standard InChI is InChI=1S/C68H43N3/c1-3-9-50-33-60-35-54(23-21-52(60)31-48(50)7-1)62-37-63(55-24-22-53-32-49-8-2-4-10-51(49)34-61(53)36-55)39-64(38-62)71-67-27-25-56(44-13-17-46(18-14-44)58-11-5-29-69-42-58)40-65(67)66-41-57(26-28-68(66)71)45-15-19-47(20-16-45)59-12-6-30-70-43-59/h1-43H. The molecule has 11 aromatic carbocycles. The van der Waals surface area contributed by atoms with Gasteiger partial charge in [-0.25, -0.2) is 0 Å². The summed E-state index contributed by atoms with van der Waals surface area (Å²) >= 11 is 0. The predicted octanol–water partition coefficient (Wildman–Crippen LogP) is 18.2. The van der Waals surface area contributed by atoms with Gasteiger partial charge in [0, 0.05) is 41.2 Å². The van der Waals surface area contributed by atoms with Gasteiger partial charge in [0.25, 0.3) is 0 Å². The molecule has 0 atom stereocenters. The Labute approximate surface area is 411 Å². The lowest BCUT2D eigenvalue weighted by molar-refractivity contribution is 1.18. The molecule has 3 heterocycles. The molecule has 0 bridgehead atoms. The highest BCUT2D eigenvalue weighted by atomic mass is 15.0. The quantitative estimate of drug-likeness (QED) is 0.149. The predicted molar refractivity (Wildman–Crippen MR) is 299 cm³/mol. The molecule has 71 heavy (non-hydrogen) atoms. The van der Waals surface area contributed by atoms with Crippen molar-refractivity contribution in [2.24, 2.45) is 0 Å². The Kier molecular flexibility index (Phi) is 9.53. The van der Waals surface area contributed by atoms with Crippen molar-refractivity contribution in [3.05, 3.63) is 261 Å². The van der Waals surface area contributed by atoms with Gasteiger partial charge in [0.05, 0.1) is 11.0 Å². The van der Waals surface area contributed by atoms with E-state index in [2.05, 4.69) is 239 Å². The lowest BCUT2D eigenvalue weighted by Gasteiger charge is -2.15. The molecule has 0 N–H and O–H groups in total. The summed E-state index contributed by atoms with van der Waals surface area (Å²) in [6.07, 6.45) is 7.48. The number of hydrogen-bond acceptors (Lipinski definition) is 2. The minimum absolute atomic E-state index is 1.11. The normalized spacial score (nSPS) is 11.7. The molecule has 0 amide bonds. The summed E-state index contributed by atoms with van der Waals surface area (Å²) in [5.41, 5.74) is 17.3. The van der Waals surface area contributed by atoms with Crippen LogP contribution in [0.5, 0.6) is 0 Å². The highest BCUT2D eigenvalue weighted by molar-refractivity contribution is 6.12. The van der Waals surface area contributed by atoms with Crippen LogP contribution >= 0.6 is 0 Å². The van der Waals surface area contributed by atoms with E-state index in [-0.39, 0.29) is 0 Å². The molecule has 0 unspecified atom stereocenters. The average molecular weight is 902 g/mol. The maximum Gasteiger partial charge on any atom is 0.0541 e. The van der Waals surface area contributed by atoms with Crippen LogP contribution in [-0.2, 0) is 0 Å². The molecule has 0 radical (unpaired) electrons. The molecule has 3 aromatic heterocycles. The van der Waals surface area contributed by atoms with Crippen molar-refractivity contribution in [2.45, 2.75) is 0 Å². The lowest BCUT2D eigenvalue weighted by atomic mass is 9.94. The molecular weight excluding hydrogens is 859 g/mol. The summed E-state index contributed by atoms with van der Waals surface area (Å²) in [5, 5.41) is 12.3. The zero-order valence-electron chi connectivity index (χ0n) is 38.7. The van der Waals surface area contributed by atoms with Crippen LogP contribution in [0.1, 0.15) is 0 Å². The summed E-state index contributed by atoms with van der Waals surface area (Å²) < 4.78 is 2.48. The van der Waals surface area contributed by atoms with Crippen LogP contribution in [0.25, 0.3) is 137 Å². The van der Waals surface area contributed by atoms with Gasteiger partial charge in [-0.3, -0.25) is 9.97 Å². The molecule has 0 spiro atoms. The smallest absolute Gasteiger partial charge is 0.0541 e. The molecule has 14 aromatic rings. The maximum atomic E-state index is 4.36. The van der Waals surface area contributed by atoms with Crippen molar-refractivity contribution in [2.75, 3.05) is 0 Å². The van der Waals surface area contributed by atoms with E-state index in [1.807, 2.05) is 36.9 Å². The fourth-order valence-corrected chi connectivity index (χ4v) is 10.8. The van der Waals surface area contributed by atoms with Crippen LogP contribution in [0.2, 0.25) is 0 Å². The zero-order valence-corrected chi connectivity index (χ0v) is 38.7. The van der Waals surface area contributed by atoms with Gasteiger partial charge in [-0.2, -0.15) is 0 Å². The van der Waals surface area contributed by atoms with Crippen LogP contribution in [0.4, 0.5) is 0 Å². The Bertz CT molecular complexity index is 4080. The number of pyridine rings is 2. The molecule has 0 aliphatic heterocycles. The van der Waals surface area contributed by atoms with Gasteiger partial charge in [0.15, 0.2) is 0 Å². The number of nitrogens with zero attached hydrogens (tertiary/aromatic N) is 3. The van der Waals surface area contributed by atoms with E-state index in [1.54, 1.807) is 0 Å². The molecule has 330 valence electrons. The van der Waals surface area contributed by atoms with Crippen molar-refractivity contribution < 1.29 is 0 Å². The van der Waals surface area contributed by atoms with Crippen molar-refractivity contribution >= 4 is 64.9 Å². The van der Waals surface area contributed by atoms with Crippen LogP contribution in [-0.4, -0.2) is 14.5 Å². The Morgan fingerprint density at radius 1 is 0.225 bits per heavy atom. The Balaban J connectivity index is 0.972. The van der Waals surface area contributed by atoms with Gasteiger partial charge in [0.1, 0.15) is 0 Å². The summed E-state index contributed by atoms with van der Waals surface area (Å²) in [6.45, 7) is 0. The third-order valence-corrected chi connectivity index (χ3v) is 14.4. The van der Waals surface area contributed by atoms with Crippen molar-refractivity contribution in [1.82, 2.24) is 14.5 Å². The molecule has 0 fully saturated rings. The second-order valence-electron chi connectivity index (χ2n) is 18.7. The molecule has 0 saturated heterocycles. The molecule has 0 aliphatic carbocycles. The van der Waals surface area contributed by atoms with Gasteiger partial charge in [-0.1, -0.05) is 146 Å². The summed E-state index contributed by atoms with van der Waals surface area (Å²) in [5.74, 6) is 0. The van der Waals surface area contributed by atoms with E-state index in [1.165, 1.54) is 87.2 Å². The highest BCUT2D eigenvalue weighted by Crippen LogP contribution is 2.41. The monoisotopic (exact) mass is 901 g/mol. The van der Waals surface area contributed by atoms with Crippen LogP contribution in [0.3, 0.4) is 0 Å². The van der Waals surface area contributed by atoms with E-state index < -0.39 is 0 Å². The second-order valence-corrected chi connectivity index (χ2v) is 18.7. The van der Waals surface area contributed by atoms with Gasteiger partial charge >= 0.3 is 0 Å². The van der Waals surface area contributed by atoms with E-state index in [9.17, 15) is 0 Å². The van der Waals surface area contributed by atoms with Gasteiger partial charge in [-0.05, 0) is 201 Å². The Morgan fingerprint density at radius 3 is 0.986 bits per heavy atom. The molecule has 3 nitrogen and oxygen atoms in total. The molecule has 14 rings (SSSR count). The number of rotatable bonds is 7. The molecule has 3 heteroatoms. The Morgan fingerprint density at radius 2 is 0.577 bits per heavy atom. The third-order valence-electron chi connectivity index (χ3n) is 14.4. The first kappa shape index (κ1) is 40.6. The number of aromatic nitrogens is 3. The first-order valence-corrected chi connectivity index (χ1v) is 24.2. The molecule has 0 saturated carbocycles. The summed E-state index contributed by atoms with van der Waals surface area (Å²) in [7, 11) is 0. The van der Waals surface area contributed by atoms with Gasteiger partial charge in [0.2, 0.25) is 0 Å². The number of benzene rings is 11. The average Bonchev–Trinajstić information content (AvgIpc) is 3.77. The third kappa shape index (κ3) is 7.31. The van der Waals surface area contributed by atoms with E-state index in [0.29, 0.717) is 0 Å². The second kappa shape index (κ2) is 16.7. The molecule has 0 aliphatic rings. The van der Waals surface area contributed by atoms with Crippen molar-refractivity contribution in [1.29, 1.82) is 0 Å². The SMILES string of the molecule is c1cncc(-c2ccc(-c3ccc4c(c3)c3cc(-c5ccc(-c6cccnc6)cc5)ccc3n4-c3cc(-c4ccc5cc6ccccc6cc5c4)cc(-c4ccc5cc6ccccc6cc5c4)c3)cc2)c1. The van der Waals surface area contributed by atoms with E-state index in [4.69, 9.17) is 0 Å². The summed E-state index contributed by atoms with van der Waals surface area (Å²) in [6, 6.07) is 87.4. The van der Waals surface area contributed by atoms with Gasteiger partial charge in [-0.15, -0.1) is 0 Å². The number of hydrogen-bond donors (Lipinski definition) is 0. The van der Waals surface area contributed by atoms with Gasteiger partial charge < -0.3 is 4.57 Å². The minimum Gasteiger partial charge on any atom is -0.309 e. The first-order valence-electron chi connectivity index (χ1n) is 24.2. The minimum atomic E-state index is 1.11. The van der Waals surface area contributed by atoms with Crippen molar-refractivity contribution in [3.8, 4) is 72.4 Å². The van der Waals surface area contributed by atoms with Crippen LogP contribution in [0, 0.1) is 0 Å². The number of fused-ring (bicyclic) bond motifs is 7. The Hall–Kier alpha value is -9.44. The van der Waals surface area contributed by atoms with E-state index >= 15 is 0 Å². The first-order chi connectivity index (χ1) is 35.1. The van der Waals surface area contributed by atoms with E-state index in [0.717, 1.165) is 50.1 Å². The zero-order chi connectivity index (χ0) is 46.8. The fraction of sp³-hybridized carbons (Fsp3) is 0. The summed E-state index contributed by atoms with van der Waals surface area (Å²) in [4.78, 5) is 8.73. The lowest BCUT2D eigenvalue weighted by Crippen LogP contribution is -1.96. The maximum absolute atomic E-state index is 4.36. The highest BCUT2D eigenvalue weighted by Gasteiger charge is 2.18. The largest absolute Gasteiger partial charge is 0.309 e.